The summed E-state index contributed by atoms with van der Waals surface area (Å²) in [5.41, 5.74) is 0. The molecule has 2 N–H and O–H groups in total. The number of carbonyl (C=O) groups excluding carboxylic acids is 2. The molecule has 0 radical (unpaired) electrons. The number of hydrogen-bond donors (Lipinski definition) is 2. The lowest BCUT2D eigenvalue weighted by molar-refractivity contribution is -0.870. The lowest BCUT2D eigenvalue weighted by Crippen LogP contribution is -2.47. The minimum atomic E-state index is -4.47. The van der Waals surface area contributed by atoms with Gasteiger partial charge in [0.2, 0.25) is 5.91 Å². The number of allylic oxidation sites excluding steroid dienone is 17. The molecule has 0 fully saturated rings. The van der Waals surface area contributed by atoms with Crippen molar-refractivity contribution in [1.29, 1.82) is 0 Å². The van der Waals surface area contributed by atoms with E-state index in [-0.39, 0.29) is 37.9 Å². The molecule has 10 heteroatoms. The standard InChI is InChI=1S/C68H119N2O7P/c1-7-10-13-16-19-22-25-28-30-32-33-34-35-36-37-39-41-43-46-49-52-55-58-61-68(72)77-66(59-56-53-50-47-44-27-24-21-18-15-12-9-3)65(64-76-78(73,74)75-63-62-70(4,5)6)69-67(71)60-57-54-51-48-45-42-40-38-31-29-26-23-20-17-14-11-8-2/h11,14,19-20,22-23,28-31,33-34,40,42,48,51,56,59,65-66H,7-10,12-13,15-18,21,24-27,32,35-39,41,43-47,49-50,52-55,57-58,60-64H2,1-6H3,(H-,69,71,73,74)/p+1/b14-11-,22-19-,23-20-,30-28-,31-29-,34-33-,42-40-,51-48-,59-56-. The Morgan fingerprint density at radius 1 is 0.462 bits per heavy atom. The van der Waals surface area contributed by atoms with E-state index in [1.807, 2.05) is 33.3 Å². The lowest BCUT2D eigenvalue weighted by Gasteiger charge is -2.27. The Morgan fingerprint density at radius 3 is 1.28 bits per heavy atom. The summed E-state index contributed by atoms with van der Waals surface area (Å²) in [6.07, 6.45) is 78.1. The van der Waals surface area contributed by atoms with E-state index in [0.717, 1.165) is 103 Å². The van der Waals surface area contributed by atoms with Crippen molar-refractivity contribution in [2.24, 2.45) is 0 Å². The average molecular weight is 1110 g/mol. The van der Waals surface area contributed by atoms with Gasteiger partial charge in [0.1, 0.15) is 19.3 Å². The number of unbranched alkanes of at least 4 members (excludes halogenated alkanes) is 24. The predicted molar refractivity (Wildman–Crippen MR) is 337 cm³/mol. The fourth-order valence-corrected chi connectivity index (χ4v) is 9.31. The third-order valence-electron chi connectivity index (χ3n) is 13.4. The van der Waals surface area contributed by atoms with Crippen LogP contribution in [-0.2, 0) is 27.9 Å². The van der Waals surface area contributed by atoms with Crippen LogP contribution in [0, 0.1) is 0 Å². The van der Waals surface area contributed by atoms with Crippen LogP contribution >= 0.6 is 7.82 Å². The number of nitrogens with one attached hydrogen (secondary N) is 1. The maximum Gasteiger partial charge on any atom is 0.472 e. The highest BCUT2D eigenvalue weighted by Crippen LogP contribution is 2.43. The summed E-state index contributed by atoms with van der Waals surface area (Å²) >= 11 is 0. The molecule has 448 valence electrons. The second-order valence-electron chi connectivity index (χ2n) is 22.2. The van der Waals surface area contributed by atoms with Crippen molar-refractivity contribution in [2.45, 2.75) is 270 Å². The number of hydrogen-bond acceptors (Lipinski definition) is 6. The van der Waals surface area contributed by atoms with Crippen LogP contribution in [0.4, 0.5) is 0 Å². The van der Waals surface area contributed by atoms with Crippen LogP contribution < -0.4 is 5.32 Å². The van der Waals surface area contributed by atoms with Gasteiger partial charge in [0.05, 0.1) is 33.8 Å². The summed E-state index contributed by atoms with van der Waals surface area (Å²) in [6.45, 7) is 6.82. The van der Waals surface area contributed by atoms with E-state index in [1.165, 1.54) is 116 Å². The number of ether oxygens (including phenoxy) is 1. The fourth-order valence-electron chi connectivity index (χ4n) is 8.57. The highest BCUT2D eigenvalue weighted by Gasteiger charge is 2.30. The topological polar surface area (TPSA) is 111 Å². The molecule has 3 atom stereocenters. The molecule has 0 aromatic carbocycles. The minimum Gasteiger partial charge on any atom is -0.456 e. The minimum absolute atomic E-state index is 0.0239. The SMILES string of the molecule is CC/C=C\C/C=C\C/C=C\C/C=C\C/C=C\CCCC(=O)NC(COP(=O)(O)OCC[N+](C)(C)C)C(/C=C\CCCCCCCCCCCC)OC(=O)CCCCCCCCCCCC/C=C\C/C=C\C/C=C\CCCCC. The van der Waals surface area contributed by atoms with E-state index in [9.17, 15) is 19.0 Å². The molecule has 0 aromatic rings. The van der Waals surface area contributed by atoms with Crippen molar-refractivity contribution >= 4 is 19.7 Å². The summed E-state index contributed by atoms with van der Waals surface area (Å²) < 4.78 is 30.7. The number of esters is 1. The number of nitrogens with zero attached hydrogens (tertiary/aromatic N) is 1. The second-order valence-corrected chi connectivity index (χ2v) is 23.6. The van der Waals surface area contributed by atoms with Crippen LogP contribution in [0.2, 0.25) is 0 Å². The van der Waals surface area contributed by atoms with Crippen molar-refractivity contribution in [1.82, 2.24) is 5.32 Å². The van der Waals surface area contributed by atoms with Gasteiger partial charge in [0.25, 0.3) is 0 Å². The Balaban J connectivity index is 5.28. The van der Waals surface area contributed by atoms with Crippen molar-refractivity contribution in [3.8, 4) is 0 Å². The van der Waals surface area contributed by atoms with Gasteiger partial charge in [-0.2, -0.15) is 0 Å². The van der Waals surface area contributed by atoms with Gasteiger partial charge in [-0.05, 0) is 109 Å². The number of likely N-dealkylation sites (N-methyl/N-ethyl adjacent to an activating group) is 1. The van der Waals surface area contributed by atoms with Gasteiger partial charge >= 0.3 is 13.8 Å². The number of quaternary nitrogens is 1. The van der Waals surface area contributed by atoms with Crippen molar-refractivity contribution in [3.63, 3.8) is 0 Å². The summed E-state index contributed by atoms with van der Waals surface area (Å²) in [7, 11) is 1.45. The summed E-state index contributed by atoms with van der Waals surface area (Å²) in [4.78, 5) is 37.7. The first kappa shape index (κ1) is 74.7. The average Bonchev–Trinajstić information content (AvgIpc) is 3.40. The second kappa shape index (κ2) is 56.9. The maximum atomic E-state index is 13.5. The summed E-state index contributed by atoms with van der Waals surface area (Å²) in [6, 6.07) is -0.886. The fraction of sp³-hybridized carbons (Fsp3) is 0.706. The van der Waals surface area contributed by atoms with Gasteiger partial charge in [-0.3, -0.25) is 18.6 Å². The number of carbonyl (C=O) groups is 2. The summed E-state index contributed by atoms with van der Waals surface area (Å²) in [5, 5.41) is 3.02. The van der Waals surface area contributed by atoms with E-state index < -0.39 is 20.0 Å². The van der Waals surface area contributed by atoms with E-state index in [2.05, 4.69) is 123 Å². The number of phosphoric ester groups is 1. The first-order valence-corrected chi connectivity index (χ1v) is 33.2. The highest BCUT2D eigenvalue weighted by atomic mass is 31.2. The highest BCUT2D eigenvalue weighted by molar-refractivity contribution is 7.47. The van der Waals surface area contributed by atoms with Crippen LogP contribution in [0.3, 0.4) is 0 Å². The van der Waals surface area contributed by atoms with E-state index in [4.69, 9.17) is 13.8 Å². The first-order valence-electron chi connectivity index (χ1n) is 31.7. The largest absolute Gasteiger partial charge is 0.472 e. The van der Waals surface area contributed by atoms with Crippen molar-refractivity contribution in [2.75, 3.05) is 40.9 Å². The molecule has 78 heavy (non-hydrogen) atoms. The van der Waals surface area contributed by atoms with Crippen LogP contribution in [0.1, 0.15) is 258 Å². The van der Waals surface area contributed by atoms with Crippen LogP contribution in [0.15, 0.2) is 109 Å². The smallest absolute Gasteiger partial charge is 0.456 e. The zero-order valence-corrected chi connectivity index (χ0v) is 52.0. The third kappa shape index (κ3) is 57.4. The van der Waals surface area contributed by atoms with Crippen LogP contribution in [-0.4, -0.2) is 74.3 Å². The van der Waals surface area contributed by atoms with E-state index >= 15 is 0 Å². The summed E-state index contributed by atoms with van der Waals surface area (Å²) in [5.74, 6) is -0.582. The molecule has 0 spiro atoms. The Labute approximate surface area is 481 Å². The predicted octanol–water partition coefficient (Wildman–Crippen LogP) is 19.7. The van der Waals surface area contributed by atoms with Gasteiger partial charge in [0, 0.05) is 12.8 Å². The van der Waals surface area contributed by atoms with E-state index in [1.54, 1.807) is 0 Å². The molecule has 0 heterocycles. The number of rotatable bonds is 56. The van der Waals surface area contributed by atoms with Crippen LogP contribution in [0.5, 0.6) is 0 Å². The Morgan fingerprint density at radius 2 is 0.833 bits per heavy atom. The molecule has 1 amide bonds. The van der Waals surface area contributed by atoms with Crippen LogP contribution in [0.25, 0.3) is 0 Å². The maximum absolute atomic E-state index is 13.5. The van der Waals surface area contributed by atoms with Gasteiger partial charge in [0.15, 0.2) is 0 Å². The molecule has 0 rings (SSSR count). The van der Waals surface area contributed by atoms with Crippen molar-refractivity contribution in [3.05, 3.63) is 109 Å². The van der Waals surface area contributed by atoms with Gasteiger partial charge in [-0.25, -0.2) is 4.57 Å². The Kier molecular flexibility index (Phi) is 54.5. The molecule has 0 aliphatic heterocycles. The van der Waals surface area contributed by atoms with Gasteiger partial charge < -0.3 is 19.4 Å². The normalized spacial score (nSPS) is 14.4. The molecule has 0 saturated carbocycles. The number of amides is 1. The number of phosphoric acid groups is 1. The molecular formula is C68H120N2O7P+. The zero-order chi connectivity index (χ0) is 57.2. The van der Waals surface area contributed by atoms with Gasteiger partial charge in [-0.15, -0.1) is 0 Å². The molecule has 0 aromatic heterocycles. The molecule has 0 aliphatic carbocycles. The Hall–Kier alpha value is -3.33. The molecule has 9 nitrogen and oxygen atoms in total. The van der Waals surface area contributed by atoms with Gasteiger partial charge in [-0.1, -0.05) is 246 Å². The Bertz CT molecular complexity index is 1700. The first-order chi connectivity index (χ1) is 37.9. The molecule has 0 aliphatic rings. The molecule has 0 saturated heterocycles. The molecular weight excluding hydrogens is 988 g/mol. The zero-order valence-electron chi connectivity index (χ0n) is 51.1. The lowest BCUT2D eigenvalue weighted by atomic mass is 10.0. The monoisotopic (exact) mass is 1110 g/mol. The quantitative estimate of drug-likeness (QED) is 0.0205. The molecule has 0 bridgehead atoms. The molecule has 3 unspecified atom stereocenters. The third-order valence-corrected chi connectivity index (χ3v) is 14.4. The van der Waals surface area contributed by atoms with Crippen molar-refractivity contribution < 1.29 is 37.3 Å². The van der Waals surface area contributed by atoms with E-state index in [0.29, 0.717) is 17.4 Å².